The van der Waals surface area contributed by atoms with E-state index in [9.17, 15) is 19.5 Å². The fourth-order valence-electron chi connectivity index (χ4n) is 2.81. The summed E-state index contributed by atoms with van der Waals surface area (Å²) in [7, 11) is 2.71. The van der Waals surface area contributed by atoms with Crippen LogP contribution in [-0.2, 0) is 16.6 Å². The first-order valence-corrected chi connectivity index (χ1v) is 8.55. The fraction of sp³-hybridized carbons (Fsp3) is 0.143. The monoisotopic (exact) mass is 394 g/mol. The van der Waals surface area contributed by atoms with Crippen LogP contribution >= 0.6 is 0 Å². The van der Waals surface area contributed by atoms with Gasteiger partial charge in [0.2, 0.25) is 5.78 Å². The number of ketones is 1. The van der Waals surface area contributed by atoms with Gasteiger partial charge in [-0.3, -0.25) is 14.2 Å². The summed E-state index contributed by atoms with van der Waals surface area (Å²) in [6.45, 7) is 3.48. The maximum absolute atomic E-state index is 13.0. The van der Waals surface area contributed by atoms with Crippen LogP contribution in [0, 0.1) is 0 Å². The normalized spacial score (nSPS) is 10.6. The van der Waals surface area contributed by atoms with Gasteiger partial charge >= 0.3 is 5.97 Å². The van der Waals surface area contributed by atoms with Crippen LogP contribution in [0.4, 0.5) is 0 Å². The Balaban J connectivity index is 1.99. The van der Waals surface area contributed by atoms with Gasteiger partial charge in [-0.2, -0.15) is 0 Å². The van der Waals surface area contributed by atoms with Crippen molar-refractivity contribution in [2.75, 3.05) is 13.7 Å². The molecule has 8 heteroatoms. The molecule has 0 bridgehead atoms. The number of carbonyl (C=O) groups excluding carboxylic acids is 2. The topological polar surface area (TPSA) is 108 Å². The summed E-state index contributed by atoms with van der Waals surface area (Å²) in [4.78, 5) is 41.0. The Bertz CT molecular complexity index is 1200. The number of Topliss-reactive ketones (excluding diaryl/α,β-unsaturated/α-hetero) is 1. The number of aromatic hydroxyl groups is 1. The lowest BCUT2D eigenvalue weighted by atomic mass is 9.97. The average Bonchev–Trinajstić information content (AvgIpc) is 2.75. The Morgan fingerprint density at radius 2 is 2.00 bits per heavy atom. The third-order valence-electron chi connectivity index (χ3n) is 4.38. The molecule has 0 saturated heterocycles. The lowest BCUT2D eigenvalue weighted by Crippen LogP contribution is -2.25. The predicted octanol–water partition coefficient (Wildman–Crippen LogP) is 2.09. The molecule has 0 spiro atoms. The molecule has 0 unspecified atom stereocenters. The SMILES string of the molecule is C=C(C(=O)c1c(O)c2cccnc2n(C)c1=O)c1cccc(OCC(=O)OC)c1. The minimum atomic E-state index is -0.723. The molecule has 0 fully saturated rings. The van der Waals surface area contributed by atoms with Gasteiger partial charge in [-0.15, -0.1) is 0 Å². The minimum Gasteiger partial charge on any atom is -0.506 e. The van der Waals surface area contributed by atoms with Crippen molar-refractivity contribution in [2.24, 2.45) is 7.05 Å². The van der Waals surface area contributed by atoms with E-state index in [1.54, 1.807) is 30.3 Å². The number of ether oxygens (including phenoxy) is 2. The van der Waals surface area contributed by atoms with Gasteiger partial charge in [0.25, 0.3) is 5.56 Å². The van der Waals surface area contributed by atoms with Crippen LogP contribution in [0.25, 0.3) is 16.6 Å². The second kappa shape index (κ2) is 7.97. The standard InChI is InChI=1S/C21H18N2O6/c1-12(13-6-4-7-14(10-13)29-11-16(24)28-3)18(25)17-19(26)15-8-5-9-22-20(15)23(2)21(17)27/h4-10,26H,1,11H2,2-3H3. The zero-order valence-electron chi connectivity index (χ0n) is 15.8. The molecule has 2 aromatic heterocycles. The average molecular weight is 394 g/mol. The van der Waals surface area contributed by atoms with E-state index in [0.29, 0.717) is 11.3 Å². The number of nitrogens with zero attached hydrogens (tertiary/aromatic N) is 2. The van der Waals surface area contributed by atoms with E-state index in [2.05, 4.69) is 16.3 Å². The number of allylic oxidation sites excluding steroid dienone is 1. The van der Waals surface area contributed by atoms with Crippen molar-refractivity contribution < 1.29 is 24.2 Å². The van der Waals surface area contributed by atoms with Crippen LogP contribution < -0.4 is 10.3 Å². The molecule has 3 aromatic rings. The molecule has 1 N–H and O–H groups in total. The third kappa shape index (κ3) is 3.73. The maximum Gasteiger partial charge on any atom is 0.343 e. The molecular formula is C21H18N2O6. The number of esters is 1. The van der Waals surface area contributed by atoms with Crippen LogP contribution in [0.1, 0.15) is 15.9 Å². The number of aromatic nitrogens is 2. The summed E-state index contributed by atoms with van der Waals surface area (Å²) < 4.78 is 11.0. The van der Waals surface area contributed by atoms with Gasteiger partial charge in [-0.05, 0) is 29.8 Å². The highest BCUT2D eigenvalue weighted by Gasteiger charge is 2.24. The van der Waals surface area contributed by atoms with Crippen molar-refractivity contribution in [2.45, 2.75) is 0 Å². The molecule has 0 amide bonds. The first-order valence-electron chi connectivity index (χ1n) is 8.55. The van der Waals surface area contributed by atoms with E-state index in [1.807, 2.05) is 0 Å². The molecule has 148 valence electrons. The van der Waals surface area contributed by atoms with Crippen molar-refractivity contribution in [3.63, 3.8) is 0 Å². The summed E-state index contributed by atoms with van der Waals surface area (Å²) in [6.07, 6.45) is 1.49. The number of hydrogen-bond acceptors (Lipinski definition) is 7. The zero-order valence-corrected chi connectivity index (χ0v) is 15.8. The number of pyridine rings is 2. The number of rotatable bonds is 6. The number of fused-ring (bicyclic) bond motifs is 1. The van der Waals surface area contributed by atoms with Gasteiger partial charge in [-0.1, -0.05) is 18.7 Å². The van der Waals surface area contributed by atoms with Crippen molar-refractivity contribution in [3.8, 4) is 11.5 Å². The highest BCUT2D eigenvalue weighted by atomic mass is 16.6. The Morgan fingerprint density at radius 3 is 2.72 bits per heavy atom. The molecule has 3 rings (SSSR count). The summed E-state index contributed by atoms with van der Waals surface area (Å²) in [5.74, 6) is -1.40. The van der Waals surface area contributed by atoms with Gasteiger partial charge < -0.3 is 14.6 Å². The van der Waals surface area contributed by atoms with E-state index in [1.165, 1.54) is 31.0 Å². The minimum absolute atomic E-state index is 0.0100. The highest BCUT2D eigenvalue weighted by molar-refractivity contribution is 6.29. The van der Waals surface area contributed by atoms with Gasteiger partial charge in [-0.25, -0.2) is 9.78 Å². The molecule has 1 aromatic carbocycles. The van der Waals surface area contributed by atoms with Gasteiger partial charge in [0.05, 0.1) is 12.5 Å². The molecule has 2 heterocycles. The summed E-state index contributed by atoms with van der Waals surface area (Å²) in [6, 6.07) is 9.49. The molecule has 0 aliphatic carbocycles. The molecule has 0 atom stereocenters. The maximum atomic E-state index is 13.0. The molecule has 0 aliphatic heterocycles. The number of carbonyl (C=O) groups is 2. The van der Waals surface area contributed by atoms with Gasteiger partial charge in [0.15, 0.2) is 6.61 Å². The van der Waals surface area contributed by atoms with Crippen LogP contribution in [0.2, 0.25) is 0 Å². The lowest BCUT2D eigenvalue weighted by molar-refractivity contribution is -0.142. The van der Waals surface area contributed by atoms with E-state index < -0.39 is 23.1 Å². The second-order valence-corrected chi connectivity index (χ2v) is 6.16. The van der Waals surface area contributed by atoms with Crippen molar-refractivity contribution in [3.05, 3.63) is 70.7 Å². The number of hydrogen-bond donors (Lipinski definition) is 1. The fourth-order valence-corrected chi connectivity index (χ4v) is 2.81. The third-order valence-corrected chi connectivity index (χ3v) is 4.38. The van der Waals surface area contributed by atoms with Crippen LogP contribution in [0.5, 0.6) is 11.5 Å². The number of benzene rings is 1. The first kappa shape index (κ1) is 19.8. The molecule has 0 saturated carbocycles. The number of aryl methyl sites for hydroxylation is 1. The second-order valence-electron chi connectivity index (χ2n) is 6.16. The van der Waals surface area contributed by atoms with Crippen molar-refractivity contribution in [1.82, 2.24) is 9.55 Å². The predicted molar refractivity (Wildman–Crippen MR) is 106 cm³/mol. The molecule has 8 nitrogen and oxygen atoms in total. The highest BCUT2D eigenvalue weighted by Crippen LogP contribution is 2.29. The Labute approximate surface area is 165 Å². The van der Waals surface area contributed by atoms with Gasteiger partial charge in [0.1, 0.15) is 22.7 Å². The van der Waals surface area contributed by atoms with Crippen LogP contribution in [0.15, 0.2) is 54.0 Å². The number of methoxy groups -OCH3 is 1. The zero-order chi connectivity index (χ0) is 21.1. The first-order chi connectivity index (χ1) is 13.8. The largest absolute Gasteiger partial charge is 0.506 e. The summed E-state index contributed by atoms with van der Waals surface area (Å²) >= 11 is 0. The smallest absolute Gasteiger partial charge is 0.343 e. The molecule has 0 radical (unpaired) electrons. The van der Waals surface area contributed by atoms with Gasteiger partial charge in [0, 0.05) is 18.8 Å². The summed E-state index contributed by atoms with van der Waals surface area (Å²) in [5, 5.41) is 10.8. The molecular weight excluding hydrogens is 376 g/mol. The van der Waals surface area contributed by atoms with E-state index in [0.717, 1.165) is 0 Å². The molecule has 29 heavy (non-hydrogen) atoms. The van der Waals surface area contributed by atoms with Crippen LogP contribution in [-0.4, -0.2) is 40.1 Å². The van der Waals surface area contributed by atoms with E-state index in [4.69, 9.17) is 4.74 Å². The Hall–Kier alpha value is -3.94. The van der Waals surface area contributed by atoms with Crippen molar-refractivity contribution >= 4 is 28.4 Å². The van der Waals surface area contributed by atoms with Crippen LogP contribution in [0.3, 0.4) is 0 Å². The Morgan fingerprint density at radius 1 is 1.24 bits per heavy atom. The quantitative estimate of drug-likeness (QED) is 0.387. The van der Waals surface area contributed by atoms with Crippen molar-refractivity contribution in [1.29, 1.82) is 0 Å². The Kier molecular flexibility index (Phi) is 5.45. The molecule has 0 aliphatic rings. The summed E-state index contributed by atoms with van der Waals surface area (Å²) in [5.41, 5.74) is -0.443. The van der Waals surface area contributed by atoms with E-state index >= 15 is 0 Å². The van der Waals surface area contributed by atoms with E-state index in [-0.39, 0.29) is 28.8 Å². The lowest BCUT2D eigenvalue weighted by Gasteiger charge is -2.12.